The van der Waals surface area contributed by atoms with Gasteiger partial charge in [0.25, 0.3) is 0 Å². The molecule has 0 radical (unpaired) electrons. The fourth-order valence-corrected chi connectivity index (χ4v) is 1.86. The summed E-state index contributed by atoms with van der Waals surface area (Å²) in [6.07, 6.45) is 9.58. The van der Waals surface area contributed by atoms with Crippen LogP contribution in [0, 0.1) is 0 Å². The zero-order valence-electron chi connectivity index (χ0n) is 9.95. The Hall–Kier alpha value is -0.990. The van der Waals surface area contributed by atoms with Crippen molar-refractivity contribution >= 4 is 5.82 Å². The lowest BCUT2D eigenvalue weighted by Gasteiger charge is -2.13. The Labute approximate surface area is 92.7 Å². The molecule has 1 heterocycles. The van der Waals surface area contributed by atoms with Crippen molar-refractivity contribution in [1.82, 2.24) is 9.78 Å². The van der Waals surface area contributed by atoms with Gasteiger partial charge in [-0.2, -0.15) is 5.10 Å². The van der Waals surface area contributed by atoms with Crippen molar-refractivity contribution in [2.45, 2.75) is 58.4 Å². The lowest BCUT2D eigenvalue weighted by molar-refractivity contribution is 0.439. The molecule has 15 heavy (non-hydrogen) atoms. The number of rotatable bonds is 7. The van der Waals surface area contributed by atoms with Crippen molar-refractivity contribution in [2.75, 3.05) is 5.73 Å². The van der Waals surface area contributed by atoms with Gasteiger partial charge in [0.1, 0.15) is 5.82 Å². The molecule has 0 aliphatic carbocycles. The van der Waals surface area contributed by atoms with Gasteiger partial charge in [0, 0.05) is 0 Å². The zero-order chi connectivity index (χ0) is 11.1. The summed E-state index contributed by atoms with van der Waals surface area (Å²) in [7, 11) is 0. The van der Waals surface area contributed by atoms with Gasteiger partial charge in [-0.15, -0.1) is 0 Å². The summed E-state index contributed by atoms with van der Waals surface area (Å²) < 4.78 is 1.92. The van der Waals surface area contributed by atoms with Crippen molar-refractivity contribution in [1.29, 1.82) is 0 Å². The zero-order valence-corrected chi connectivity index (χ0v) is 9.95. The highest BCUT2D eigenvalue weighted by molar-refractivity contribution is 5.26. The highest BCUT2D eigenvalue weighted by Crippen LogP contribution is 2.18. The van der Waals surface area contributed by atoms with Gasteiger partial charge in [-0.25, -0.2) is 4.68 Å². The van der Waals surface area contributed by atoms with Gasteiger partial charge in [-0.1, -0.05) is 39.0 Å². The van der Waals surface area contributed by atoms with Crippen LogP contribution >= 0.6 is 0 Å². The highest BCUT2D eigenvalue weighted by atomic mass is 15.3. The average Bonchev–Trinajstić information content (AvgIpc) is 2.64. The smallest absolute Gasteiger partial charge is 0.121 e. The van der Waals surface area contributed by atoms with Crippen molar-refractivity contribution in [3.63, 3.8) is 0 Å². The van der Waals surface area contributed by atoms with Crippen LogP contribution in [0.2, 0.25) is 0 Å². The number of nitrogens with two attached hydrogens (primary N) is 1. The van der Waals surface area contributed by atoms with Gasteiger partial charge in [-0.05, 0) is 19.4 Å². The molecule has 1 unspecified atom stereocenters. The number of hydrogen-bond donors (Lipinski definition) is 1. The van der Waals surface area contributed by atoms with Crippen LogP contribution in [0.25, 0.3) is 0 Å². The summed E-state index contributed by atoms with van der Waals surface area (Å²) in [4.78, 5) is 0. The van der Waals surface area contributed by atoms with E-state index in [9.17, 15) is 0 Å². The maximum atomic E-state index is 5.79. The Kier molecular flexibility index (Phi) is 5.22. The summed E-state index contributed by atoms with van der Waals surface area (Å²) in [5.41, 5.74) is 5.79. The molecule has 3 nitrogen and oxygen atoms in total. The molecule has 2 N–H and O–H groups in total. The van der Waals surface area contributed by atoms with E-state index in [0.717, 1.165) is 5.82 Å². The first kappa shape index (κ1) is 12.1. The first-order valence-electron chi connectivity index (χ1n) is 6.04. The maximum absolute atomic E-state index is 5.79. The minimum Gasteiger partial charge on any atom is -0.384 e. The largest absolute Gasteiger partial charge is 0.384 e. The van der Waals surface area contributed by atoms with Crippen LogP contribution in [0.1, 0.15) is 58.4 Å². The third-order valence-corrected chi connectivity index (χ3v) is 2.84. The molecule has 0 saturated carbocycles. The van der Waals surface area contributed by atoms with Crippen LogP contribution in [0.4, 0.5) is 5.82 Å². The molecule has 0 spiro atoms. The van der Waals surface area contributed by atoms with Gasteiger partial charge in [-0.3, -0.25) is 0 Å². The van der Waals surface area contributed by atoms with Crippen LogP contribution in [-0.2, 0) is 0 Å². The lowest BCUT2D eigenvalue weighted by atomic mass is 10.1. The molecule has 0 aromatic carbocycles. The average molecular weight is 209 g/mol. The predicted octanol–water partition coefficient (Wildman–Crippen LogP) is 3.39. The lowest BCUT2D eigenvalue weighted by Crippen LogP contribution is -2.09. The monoisotopic (exact) mass is 209 g/mol. The highest BCUT2D eigenvalue weighted by Gasteiger charge is 2.07. The van der Waals surface area contributed by atoms with E-state index in [1.807, 2.05) is 10.7 Å². The second-order valence-corrected chi connectivity index (χ2v) is 4.25. The Morgan fingerprint density at radius 2 is 2.07 bits per heavy atom. The fourth-order valence-electron chi connectivity index (χ4n) is 1.86. The Bertz CT molecular complexity index is 268. The first-order chi connectivity index (χ1) is 7.25. The summed E-state index contributed by atoms with van der Waals surface area (Å²) in [6.45, 7) is 4.43. The third-order valence-electron chi connectivity index (χ3n) is 2.84. The summed E-state index contributed by atoms with van der Waals surface area (Å²) in [6, 6.07) is 2.29. The minimum atomic E-state index is 0.432. The molecule has 0 bridgehead atoms. The molecule has 1 aromatic rings. The van der Waals surface area contributed by atoms with Crippen LogP contribution in [0.15, 0.2) is 12.3 Å². The minimum absolute atomic E-state index is 0.432. The molecule has 3 heteroatoms. The fraction of sp³-hybridized carbons (Fsp3) is 0.750. The number of unbranched alkanes of at least 4 members (excludes halogenated alkanes) is 4. The second-order valence-electron chi connectivity index (χ2n) is 4.25. The number of aromatic nitrogens is 2. The van der Waals surface area contributed by atoms with E-state index in [1.54, 1.807) is 6.20 Å². The topological polar surface area (TPSA) is 43.8 Å². The molecule has 0 saturated heterocycles. The van der Waals surface area contributed by atoms with Gasteiger partial charge in [0.2, 0.25) is 0 Å². The molecule has 0 aliphatic heterocycles. The van der Waals surface area contributed by atoms with Crippen LogP contribution in [-0.4, -0.2) is 9.78 Å². The molecular formula is C12H23N3. The van der Waals surface area contributed by atoms with Gasteiger partial charge < -0.3 is 5.73 Å². The molecular weight excluding hydrogens is 186 g/mol. The van der Waals surface area contributed by atoms with Gasteiger partial charge >= 0.3 is 0 Å². The van der Waals surface area contributed by atoms with E-state index in [0.29, 0.717) is 6.04 Å². The van der Waals surface area contributed by atoms with E-state index in [2.05, 4.69) is 18.9 Å². The summed E-state index contributed by atoms with van der Waals surface area (Å²) >= 11 is 0. The summed E-state index contributed by atoms with van der Waals surface area (Å²) in [5.74, 6) is 0.774. The molecule has 1 aromatic heterocycles. The van der Waals surface area contributed by atoms with Crippen molar-refractivity contribution in [3.05, 3.63) is 12.3 Å². The van der Waals surface area contributed by atoms with Gasteiger partial charge in [0.05, 0.1) is 12.2 Å². The quantitative estimate of drug-likeness (QED) is 0.699. The third kappa shape index (κ3) is 3.94. The van der Waals surface area contributed by atoms with Crippen LogP contribution < -0.4 is 5.73 Å². The van der Waals surface area contributed by atoms with Crippen molar-refractivity contribution in [2.24, 2.45) is 0 Å². The number of hydrogen-bond acceptors (Lipinski definition) is 2. The van der Waals surface area contributed by atoms with Crippen LogP contribution in [0.3, 0.4) is 0 Å². The Balaban J connectivity index is 2.19. The normalized spacial score (nSPS) is 12.9. The molecule has 86 valence electrons. The van der Waals surface area contributed by atoms with Crippen LogP contribution in [0.5, 0.6) is 0 Å². The standard InChI is InChI=1S/C12H23N3/c1-3-4-5-6-7-8-11(2)15-12(13)9-10-14-15/h9-11H,3-8,13H2,1-2H3. The van der Waals surface area contributed by atoms with Crippen molar-refractivity contribution in [3.8, 4) is 0 Å². The number of nitrogens with zero attached hydrogens (tertiary/aromatic N) is 2. The molecule has 0 fully saturated rings. The van der Waals surface area contributed by atoms with Gasteiger partial charge in [0.15, 0.2) is 0 Å². The van der Waals surface area contributed by atoms with E-state index in [1.165, 1.54) is 38.5 Å². The molecule has 1 atom stereocenters. The first-order valence-corrected chi connectivity index (χ1v) is 6.04. The SMILES string of the molecule is CCCCCCCC(C)n1nccc1N. The van der Waals surface area contributed by atoms with E-state index < -0.39 is 0 Å². The second kappa shape index (κ2) is 6.49. The van der Waals surface area contributed by atoms with E-state index >= 15 is 0 Å². The predicted molar refractivity (Wildman–Crippen MR) is 64.7 cm³/mol. The maximum Gasteiger partial charge on any atom is 0.121 e. The molecule has 0 amide bonds. The summed E-state index contributed by atoms with van der Waals surface area (Å²) in [5, 5.41) is 4.22. The van der Waals surface area contributed by atoms with Crippen molar-refractivity contribution < 1.29 is 0 Å². The number of anilines is 1. The molecule has 0 aliphatic rings. The van der Waals surface area contributed by atoms with E-state index in [-0.39, 0.29) is 0 Å². The molecule has 1 rings (SSSR count). The Morgan fingerprint density at radius 3 is 2.67 bits per heavy atom. The number of nitrogen functional groups attached to an aromatic ring is 1. The van der Waals surface area contributed by atoms with E-state index in [4.69, 9.17) is 5.73 Å². The Morgan fingerprint density at radius 1 is 1.33 bits per heavy atom.